The second-order valence-corrected chi connectivity index (χ2v) is 10.0. The number of ether oxygens (including phenoxy) is 1. The van der Waals surface area contributed by atoms with E-state index in [0.717, 1.165) is 11.1 Å². The summed E-state index contributed by atoms with van der Waals surface area (Å²) < 4.78 is 34.9. The normalized spacial score (nSPS) is 17.1. The number of carbonyl (C=O) groups is 1. The summed E-state index contributed by atoms with van der Waals surface area (Å²) >= 11 is 3.35. The molecule has 0 fully saturated rings. The summed E-state index contributed by atoms with van der Waals surface area (Å²) in [7, 11) is -3.99. The summed E-state index contributed by atoms with van der Waals surface area (Å²) in [5.41, 5.74) is 1.89. The number of benzene rings is 2. The van der Waals surface area contributed by atoms with Gasteiger partial charge in [-0.05, 0) is 56.5 Å². The molecule has 1 amide bonds. The Morgan fingerprint density at radius 1 is 1.24 bits per heavy atom. The molecule has 0 aromatic heterocycles. The van der Waals surface area contributed by atoms with Gasteiger partial charge in [0.25, 0.3) is 0 Å². The topological polar surface area (TPSA) is 75.7 Å². The number of rotatable bonds is 6. The number of fused-ring (bicyclic) bond motifs is 1. The summed E-state index contributed by atoms with van der Waals surface area (Å²) in [6, 6.07) is 11.6. The molecule has 1 unspecified atom stereocenters. The zero-order chi connectivity index (χ0) is 21.2. The first kappa shape index (κ1) is 21.8. The van der Waals surface area contributed by atoms with Gasteiger partial charge in [-0.25, -0.2) is 8.42 Å². The van der Waals surface area contributed by atoms with E-state index in [0.29, 0.717) is 17.5 Å². The van der Waals surface area contributed by atoms with Crippen LogP contribution >= 0.6 is 15.9 Å². The van der Waals surface area contributed by atoms with Crippen molar-refractivity contribution in [3.05, 3.63) is 58.1 Å². The molecule has 0 spiro atoms. The Bertz CT molecular complexity index is 1010. The predicted octanol–water partition coefficient (Wildman–Crippen LogP) is 3.49. The molecule has 0 saturated carbocycles. The van der Waals surface area contributed by atoms with Crippen molar-refractivity contribution in [2.24, 2.45) is 0 Å². The number of carbonyl (C=O) groups excluding carboxylic acids is 1. The van der Waals surface area contributed by atoms with E-state index in [1.54, 1.807) is 19.1 Å². The lowest BCUT2D eigenvalue weighted by atomic mass is 9.95. The Kier molecular flexibility index (Phi) is 6.65. The first-order valence-electron chi connectivity index (χ1n) is 9.55. The molecular weight excluding hydrogens is 456 g/mol. The Morgan fingerprint density at radius 3 is 2.59 bits per heavy atom. The van der Waals surface area contributed by atoms with Crippen molar-refractivity contribution in [2.75, 3.05) is 6.61 Å². The second kappa shape index (κ2) is 8.85. The van der Waals surface area contributed by atoms with E-state index < -0.39 is 16.1 Å². The molecule has 1 heterocycles. The van der Waals surface area contributed by atoms with Gasteiger partial charge in [0.15, 0.2) is 0 Å². The van der Waals surface area contributed by atoms with E-state index in [4.69, 9.17) is 4.74 Å². The molecule has 0 bridgehead atoms. The van der Waals surface area contributed by atoms with Gasteiger partial charge < -0.3 is 10.1 Å². The smallest absolute Gasteiger partial charge is 0.247 e. The minimum atomic E-state index is -3.99. The minimum absolute atomic E-state index is 0.0513. The maximum Gasteiger partial charge on any atom is 0.247 e. The number of hydrogen-bond acceptors (Lipinski definition) is 4. The van der Waals surface area contributed by atoms with Crippen LogP contribution < -0.4 is 10.1 Å². The van der Waals surface area contributed by atoms with Gasteiger partial charge in [0.2, 0.25) is 15.9 Å². The Morgan fingerprint density at radius 2 is 1.93 bits per heavy atom. The van der Waals surface area contributed by atoms with E-state index in [2.05, 4.69) is 21.2 Å². The highest BCUT2D eigenvalue weighted by atomic mass is 79.9. The van der Waals surface area contributed by atoms with Crippen LogP contribution in [0, 0.1) is 0 Å². The lowest BCUT2D eigenvalue weighted by Crippen LogP contribution is -2.53. The summed E-state index contributed by atoms with van der Waals surface area (Å²) in [6.07, 6.45) is 0.325. The summed E-state index contributed by atoms with van der Waals surface area (Å²) in [4.78, 5) is 13.0. The zero-order valence-corrected chi connectivity index (χ0v) is 19.1. The summed E-state index contributed by atoms with van der Waals surface area (Å²) in [5, 5.41) is 2.86. The zero-order valence-electron chi connectivity index (χ0n) is 16.7. The van der Waals surface area contributed by atoms with E-state index >= 15 is 0 Å². The molecule has 0 saturated heterocycles. The number of amides is 1. The van der Waals surface area contributed by atoms with Crippen LogP contribution in [-0.2, 0) is 27.8 Å². The fourth-order valence-electron chi connectivity index (χ4n) is 3.44. The van der Waals surface area contributed by atoms with Gasteiger partial charge in [-0.2, -0.15) is 4.31 Å². The molecule has 29 heavy (non-hydrogen) atoms. The molecule has 8 heteroatoms. The molecule has 1 aliphatic heterocycles. The third kappa shape index (κ3) is 4.65. The Balaban J connectivity index is 2.09. The largest absolute Gasteiger partial charge is 0.492 e. The van der Waals surface area contributed by atoms with Crippen molar-refractivity contribution in [2.45, 2.75) is 50.7 Å². The first-order valence-corrected chi connectivity index (χ1v) is 11.8. The Hall–Kier alpha value is -1.90. The maximum atomic E-state index is 13.7. The highest BCUT2D eigenvalue weighted by molar-refractivity contribution is 9.10. The van der Waals surface area contributed by atoms with Gasteiger partial charge in [-0.1, -0.05) is 40.2 Å². The number of sulfonamides is 1. The van der Waals surface area contributed by atoms with Crippen LogP contribution in [-0.4, -0.2) is 37.3 Å². The average molecular weight is 481 g/mol. The van der Waals surface area contributed by atoms with Crippen LogP contribution in [0.5, 0.6) is 5.75 Å². The fraction of sp³-hybridized carbons (Fsp3) is 0.381. The van der Waals surface area contributed by atoms with Crippen molar-refractivity contribution in [1.29, 1.82) is 0 Å². The molecule has 2 aromatic carbocycles. The first-order chi connectivity index (χ1) is 13.7. The van der Waals surface area contributed by atoms with Gasteiger partial charge >= 0.3 is 0 Å². The highest BCUT2D eigenvalue weighted by Crippen LogP contribution is 2.34. The molecule has 1 atom stereocenters. The van der Waals surface area contributed by atoms with Gasteiger partial charge in [0.1, 0.15) is 16.7 Å². The van der Waals surface area contributed by atoms with Crippen LogP contribution in [0.2, 0.25) is 0 Å². The lowest BCUT2D eigenvalue weighted by molar-refractivity contribution is -0.125. The second-order valence-electron chi connectivity index (χ2n) is 7.23. The number of nitrogens with zero attached hydrogens (tertiary/aromatic N) is 1. The molecule has 1 aliphatic rings. The third-order valence-corrected chi connectivity index (χ3v) is 7.10. The van der Waals surface area contributed by atoms with Crippen LogP contribution in [0.4, 0.5) is 0 Å². The number of nitrogens with one attached hydrogen (secondary N) is 1. The average Bonchev–Trinajstić information content (AvgIpc) is 2.68. The van der Waals surface area contributed by atoms with Gasteiger partial charge in [0.05, 0.1) is 6.61 Å². The number of hydrogen-bond donors (Lipinski definition) is 1. The van der Waals surface area contributed by atoms with Crippen molar-refractivity contribution in [1.82, 2.24) is 9.62 Å². The minimum Gasteiger partial charge on any atom is -0.492 e. The molecule has 1 N–H and O–H groups in total. The quantitative estimate of drug-likeness (QED) is 0.686. The van der Waals surface area contributed by atoms with E-state index in [-0.39, 0.29) is 29.1 Å². The van der Waals surface area contributed by atoms with Gasteiger partial charge in [0, 0.05) is 17.1 Å². The van der Waals surface area contributed by atoms with E-state index in [1.165, 1.54) is 10.4 Å². The van der Waals surface area contributed by atoms with Gasteiger partial charge in [-0.3, -0.25) is 4.79 Å². The molecular formula is C21H25BrN2O4S. The van der Waals surface area contributed by atoms with Crippen LogP contribution in [0.3, 0.4) is 0 Å². The molecule has 156 valence electrons. The van der Waals surface area contributed by atoms with Crippen LogP contribution in [0.25, 0.3) is 0 Å². The molecule has 0 aliphatic carbocycles. The molecule has 3 rings (SSSR count). The third-order valence-electron chi connectivity index (χ3n) is 4.73. The van der Waals surface area contributed by atoms with E-state index in [9.17, 15) is 13.2 Å². The molecule has 2 aromatic rings. The van der Waals surface area contributed by atoms with Crippen LogP contribution in [0.1, 0.15) is 31.9 Å². The monoisotopic (exact) mass is 480 g/mol. The van der Waals surface area contributed by atoms with Gasteiger partial charge in [-0.15, -0.1) is 0 Å². The summed E-state index contributed by atoms with van der Waals surface area (Å²) in [5.74, 6) is -0.0244. The highest BCUT2D eigenvalue weighted by Gasteiger charge is 2.40. The fourth-order valence-corrected chi connectivity index (χ4v) is 5.68. The van der Waals surface area contributed by atoms with Crippen molar-refractivity contribution in [3.63, 3.8) is 0 Å². The van der Waals surface area contributed by atoms with E-state index in [1.807, 2.05) is 38.1 Å². The SMILES string of the molecule is CCOc1ccc(Br)cc1S(=O)(=O)N1Cc2ccccc2CC1C(=O)NC(C)C. The summed E-state index contributed by atoms with van der Waals surface area (Å²) in [6.45, 7) is 5.98. The van der Waals surface area contributed by atoms with Crippen molar-refractivity contribution < 1.29 is 17.9 Å². The lowest BCUT2D eigenvalue weighted by Gasteiger charge is -2.35. The standard InChI is InChI=1S/C21H25BrN2O4S/c1-4-28-19-10-9-17(22)12-20(19)29(26,27)24-13-16-8-6-5-7-15(16)11-18(24)21(25)23-14(2)3/h5-10,12,14,18H,4,11,13H2,1-3H3,(H,23,25). The van der Waals surface area contributed by atoms with Crippen molar-refractivity contribution >= 4 is 31.9 Å². The predicted molar refractivity (Wildman–Crippen MR) is 115 cm³/mol. The molecule has 6 nitrogen and oxygen atoms in total. The maximum absolute atomic E-state index is 13.7. The molecule has 0 radical (unpaired) electrons. The number of halogens is 1. The van der Waals surface area contributed by atoms with Crippen LogP contribution in [0.15, 0.2) is 51.8 Å². The Labute approximate surface area is 180 Å². The van der Waals surface area contributed by atoms with Crippen molar-refractivity contribution in [3.8, 4) is 5.75 Å².